The molecule has 2 aromatic rings. The Kier molecular flexibility index (Phi) is 8.77. The number of hydrogen-bond donors (Lipinski definition) is 0. The SMILES string of the molecule is CC(C)(C)[Si](C)(C)O[C@H](COCc1ccccc1)[C@H](C=O)OCc1ccccc1. The molecular weight excluding hydrogens is 380 g/mol. The number of ether oxygens (including phenoxy) is 2. The number of benzene rings is 2. The van der Waals surface area contributed by atoms with Gasteiger partial charge in [0, 0.05) is 0 Å². The topological polar surface area (TPSA) is 44.8 Å². The van der Waals surface area contributed by atoms with Gasteiger partial charge in [0.25, 0.3) is 0 Å². The van der Waals surface area contributed by atoms with Gasteiger partial charge in [-0.25, -0.2) is 0 Å². The van der Waals surface area contributed by atoms with Crippen LogP contribution in [0.4, 0.5) is 0 Å². The molecule has 0 aliphatic heterocycles. The molecule has 29 heavy (non-hydrogen) atoms. The molecule has 0 aliphatic carbocycles. The Morgan fingerprint density at radius 1 is 0.897 bits per heavy atom. The molecule has 0 saturated heterocycles. The van der Waals surface area contributed by atoms with Crippen molar-refractivity contribution < 1.29 is 18.7 Å². The van der Waals surface area contributed by atoms with E-state index in [1.807, 2.05) is 60.7 Å². The lowest BCUT2D eigenvalue weighted by molar-refractivity contribution is -0.130. The average Bonchev–Trinajstić information content (AvgIpc) is 2.69. The van der Waals surface area contributed by atoms with Gasteiger partial charge in [0.2, 0.25) is 0 Å². The van der Waals surface area contributed by atoms with Crippen LogP contribution in [0.2, 0.25) is 18.1 Å². The van der Waals surface area contributed by atoms with Crippen molar-refractivity contribution in [2.75, 3.05) is 6.61 Å². The molecule has 0 aromatic heterocycles. The van der Waals surface area contributed by atoms with Crippen LogP contribution in [-0.4, -0.2) is 33.4 Å². The molecule has 2 rings (SSSR count). The summed E-state index contributed by atoms with van der Waals surface area (Å²) in [5.74, 6) is 0. The maximum atomic E-state index is 11.9. The highest BCUT2D eigenvalue weighted by molar-refractivity contribution is 6.74. The molecule has 0 N–H and O–H groups in total. The summed E-state index contributed by atoms with van der Waals surface area (Å²) in [7, 11) is -2.10. The Hall–Kier alpha value is -1.79. The number of hydrogen-bond acceptors (Lipinski definition) is 4. The number of aldehydes is 1. The summed E-state index contributed by atoms with van der Waals surface area (Å²) in [5.41, 5.74) is 2.11. The van der Waals surface area contributed by atoms with Gasteiger partial charge in [0.1, 0.15) is 12.2 Å². The van der Waals surface area contributed by atoms with E-state index in [0.717, 1.165) is 17.4 Å². The third-order valence-electron chi connectivity index (χ3n) is 5.43. The van der Waals surface area contributed by atoms with E-state index in [0.29, 0.717) is 19.8 Å². The fourth-order valence-corrected chi connectivity index (χ4v) is 3.93. The summed E-state index contributed by atoms with van der Waals surface area (Å²) in [6.07, 6.45) is -0.284. The molecule has 0 heterocycles. The lowest BCUT2D eigenvalue weighted by Gasteiger charge is -2.40. The van der Waals surface area contributed by atoms with Crippen molar-refractivity contribution in [2.24, 2.45) is 0 Å². The van der Waals surface area contributed by atoms with Crippen LogP contribution in [0.5, 0.6) is 0 Å². The van der Waals surface area contributed by atoms with Crippen LogP contribution >= 0.6 is 0 Å². The van der Waals surface area contributed by atoms with Crippen molar-refractivity contribution in [3.8, 4) is 0 Å². The summed E-state index contributed by atoms with van der Waals surface area (Å²) in [6.45, 7) is 12.0. The van der Waals surface area contributed by atoms with Gasteiger partial charge in [-0.1, -0.05) is 81.4 Å². The Morgan fingerprint density at radius 3 is 1.90 bits per heavy atom. The third kappa shape index (κ3) is 7.51. The van der Waals surface area contributed by atoms with Crippen LogP contribution in [0.1, 0.15) is 31.9 Å². The molecule has 158 valence electrons. The van der Waals surface area contributed by atoms with Crippen molar-refractivity contribution >= 4 is 14.6 Å². The van der Waals surface area contributed by atoms with E-state index < -0.39 is 20.5 Å². The van der Waals surface area contributed by atoms with Crippen molar-refractivity contribution in [2.45, 2.75) is 64.3 Å². The molecule has 4 nitrogen and oxygen atoms in total. The van der Waals surface area contributed by atoms with Gasteiger partial charge in [-0.2, -0.15) is 0 Å². The van der Waals surface area contributed by atoms with Gasteiger partial charge in [-0.05, 0) is 29.3 Å². The molecule has 5 heteroatoms. The zero-order valence-electron chi connectivity index (χ0n) is 18.3. The van der Waals surface area contributed by atoms with Gasteiger partial charge in [0.05, 0.1) is 19.8 Å². The molecule has 0 fully saturated rings. The molecule has 0 radical (unpaired) electrons. The third-order valence-corrected chi connectivity index (χ3v) is 9.94. The maximum absolute atomic E-state index is 11.9. The summed E-state index contributed by atoms with van der Waals surface area (Å²) in [6, 6.07) is 19.8. The van der Waals surface area contributed by atoms with Crippen molar-refractivity contribution in [1.29, 1.82) is 0 Å². The average molecular weight is 415 g/mol. The fourth-order valence-electron chi connectivity index (χ4n) is 2.62. The standard InChI is InChI=1S/C24H34O4Si/c1-24(2,3)29(4,5)28-23(19-26-17-20-12-8-6-9-13-20)22(16-25)27-18-21-14-10-7-11-15-21/h6-16,22-23H,17-19H2,1-5H3/t22-,23+/m0/s1. The smallest absolute Gasteiger partial charge is 0.192 e. The van der Waals surface area contributed by atoms with E-state index >= 15 is 0 Å². The van der Waals surface area contributed by atoms with E-state index in [4.69, 9.17) is 13.9 Å². The molecule has 2 atom stereocenters. The van der Waals surface area contributed by atoms with Crippen LogP contribution in [0, 0.1) is 0 Å². The molecule has 0 amide bonds. The Labute approximate surface area is 176 Å². The first-order valence-corrected chi connectivity index (χ1v) is 13.0. The molecule has 0 spiro atoms. The Morgan fingerprint density at radius 2 is 1.41 bits per heavy atom. The lowest BCUT2D eigenvalue weighted by Crippen LogP contribution is -2.49. The van der Waals surface area contributed by atoms with Crippen LogP contribution in [0.15, 0.2) is 60.7 Å². The molecule has 0 aliphatic rings. The summed E-state index contributed by atoms with van der Waals surface area (Å²) < 4.78 is 18.4. The predicted octanol–water partition coefficient (Wildman–Crippen LogP) is 5.38. The number of rotatable bonds is 11. The monoisotopic (exact) mass is 414 g/mol. The molecule has 0 unspecified atom stereocenters. The van der Waals surface area contributed by atoms with Gasteiger partial charge in [-0.15, -0.1) is 0 Å². The molecule has 0 saturated carbocycles. The van der Waals surface area contributed by atoms with Crippen LogP contribution in [0.3, 0.4) is 0 Å². The second-order valence-corrected chi connectivity index (χ2v) is 13.6. The Balaban J connectivity index is 2.07. The first-order chi connectivity index (χ1) is 13.7. The first-order valence-electron chi connectivity index (χ1n) is 10.1. The predicted molar refractivity (Wildman–Crippen MR) is 119 cm³/mol. The minimum atomic E-state index is -2.10. The van der Waals surface area contributed by atoms with Gasteiger partial charge >= 0.3 is 0 Å². The zero-order valence-corrected chi connectivity index (χ0v) is 19.3. The van der Waals surface area contributed by atoms with Gasteiger partial charge in [-0.3, -0.25) is 0 Å². The second kappa shape index (κ2) is 10.8. The summed E-state index contributed by atoms with van der Waals surface area (Å²) in [5, 5.41) is 0.0253. The van der Waals surface area contributed by atoms with E-state index in [9.17, 15) is 4.79 Å². The second-order valence-electron chi connectivity index (χ2n) is 8.81. The quantitative estimate of drug-likeness (QED) is 0.366. The summed E-state index contributed by atoms with van der Waals surface area (Å²) in [4.78, 5) is 11.9. The van der Waals surface area contributed by atoms with E-state index in [2.05, 4.69) is 33.9 Å². The van der Waals surface area contributed by atoms with Crippen LogP contribution in [-0.2, 0) is 31.9 Å². The van der Waals surface area contributed by atoms with Crippen molar-refractivity contribution in [3.63, 3.8) is 0 Å². The summed E-state index contributed by atoms with van der Waals surface area (Å²) >= 11 is 0. The lowest BCUT2D eigenvalue weighted by atomic mass is 10.2. The van der Waals surface area contributed by atoms with Gasteiger partial charge < -0.3 is 18.7 Å². The molecule has 2 aromatic carbocycles. The highest BCUT2D eigenvalue weighted by Crippen LogP contribution is 2.37. The highest BCUT2D eigenvalue weighted by atomic mass is 28.4. The fraction of sp³-hybridized carbons (Fsp3) is 0.458. The van der Waals surface area contributed by atoms with E-state index in [1.165, 1.54) is 0 Å². The Bertz CT molecular complexity index is 726. The minimum Gasteiger partial charge on any atom is -0.408 e. The van der Waals surface area contributed by atoms with Gasteiger partial charge in [0.15, 0.2) is 14.6 Å². The van der Waals surface area contributed by atoms with Crippen LogP contribution < -0.4 is 0 Å². The minimum absolute atomic E-state index is 0.0253. The maximum Gasteiger partial charge on any atom is 0.192 e. The van der Waals surface area contributed by atoms with E-state index in [-0.39, 0.29) is 5.04 Å². The normalized spacial score (nSPS) is 14.4. The number of carbonyl (C=O) groups excluding carboxylic acids is 1. The largest absolute Gasteiger partial charge is 0.408 e. The van der Waals surface area contributed by atoms with Crippen LogP contribution in [0.25, 0.3) is 0 Å². The highest BCUT2D eigenvalue weighted by Gasteiger charge is 2.41. The van der Waals surface area contributed by atoms with Crippen molar-refractivity contribution in [1.82, 2.24) is 0 Å². The molecule has 0 bridgehead atoms. The van der Waals surface area contributed by atoms with E-state index in [1.54, 1.807) is 0 Å². The first kappa shape index (κ1) is 23.5. The number of carbonyl (C=O) groups is 1. The molecular formula is C24H34O4Si. The zero-order chi connectivity index (χ0) is 21.3. The van der Waals surface area contributed by atoms with Crippen molar-refractivity contribution in [3.05, 3.63) is 71.8 Å².